The molecule has 2 aromatic heterocycles. The predicted molar refractivity (Wildman–Crippen MR) is 124 cm³/mol. The Labute approximate surface area is 187 Å². The molecule has 0 bridgehead atoms. The Bertz CT molecular complexity index is 865. The van der Waals surface area contributed by atoms with Crippen LogP contribution in [0.25, 0.3) is 0 Å². The lowest BCUT2D eigenvalue weighted by Crippen LogP contribution is -2.37. The lowest BCUT2D eigenvalue weighted by Gasteiger charge is -2.35. The van der Waals surface area contributed by atoms with Crippen LogP contribution in [-0.2, 0) is 16.9 Å². The van der Waals surface area contributed by atoms with Crippen LogP contribution in [0.15, 0.2) is 16.5 Å². The Morgan fingerprint density at radius 3 is 2.80 bits per heavy atom. The van der Waals surface area contributed by atoms with Gasteiger partial charge < -0.3 is 9.64 Å². The summed E-state index contributed by atoms with van der Waals surface area (Å²) in [6.45, 7) is 10.9. The number of carbonyl (C=O) groups is 1. The van der Waals surface area contributed by atoms with Gasteiger partial charge in [-0.15, -0.1) is 10.2 Å². The molecule has 1 N–H and O–H groups in total. The Kier molecular flexibility index (Phi) is 7.57. The number of piperidine rings is 1. The number of ether oxygens (including phenoxy) is 1. The van der Waals surface area contributed by atoms with Crippen molar-refractivity contribution in [3.63, 3.8) is 0 Å². The van der Waals surface area contributed by atoms with Crippen molar-refractivity contribution >= 4 is 40.7 Å². The molecule has 0 radical (unpaired) electrons. The molecule has 1 saturated heterocycles. The Balaban J connectivity index is 1.80. The third kappa shape index (κ3) is 6.57. The second-order valence-electron chi connectivity index (χ2n) is 8.47. The van der Waals surface area contributed by atoms with Gasteiger partial charge in [-0.2, -0.15) is 0 Å². The van der Waals surface area contributed by atoms with Gasteiger partial charge in [-0.05, 0) is 59.4 Å². The van der Waals surface area contributed by atoms with Crippen LogP contribution < -0.4 is 10.2 Å². The molecule has 0 spiro atoms. The van der Waals surface area contributed by atoms with Gasteiger partial charge in [0.1, 0.15) is 16.4 Å². The third-order valence-electron chi connectivity index (χ3n) is 4.72. The van der Waals surface area contributed by atoms with Gasteiger partial charge in [-0.3, -0.25) is 5.32 Å². The second-order valence-corrected chi connectivity index (χ2v) is 10.8. The van der Waals surface area contributed by atoms with Crippen LogP contribution in [0.5, 0.6) is 0 Å². The zero-order valence-electron chi connectivity index (χ0n) is 18.4. The number of anilines is 2. The fraction of sp³-hybridized carbons (Fsp3) is 0.619. The number of pyridine rings is 1. The summed E-state index contributed by atoms with van der Waals surface area (Å²) in [5.74, 6) is 1.18. The van der Waals surface area contributed by atoms with Gasteiger partial charge in [-0.1, -0.05) is 30.0 Å². The molecule has 3 rings (SSSR count). The van der Waals surface area contributed by atoms with Gasteiger partial charge in [-0.25, -0.2) is 9.78 Å². The average molecular weight is 450 g/mol. The predicted octanol–water partition coefficient (Wildman–Crippen LogP) is 5.51. The summed E-state index contributed by atoms with van der Waals surface area (Å²) < 4.78 is 6.34. The van der Waals surface area contributed by atoms with Crippen LogP contribution in [-0.4, -0.2) is 39.5 Å². The molecular formula is C21H31N5O2S2. The summed E-state index contributed by atoms with van der Waals surface area (Å²) in [7, 11) is 0. The molecule has 3 heterocycles. The van der Waals surface area contributed by atoms with Crippen molar-refractivity contribution in [2.45, 2.75) is 82.0 Å². The number of nitrogens with one attached hydrogen (secondary N) is 1. The van der Waals surface area contributed by atoms with E-state index in [1.165, 1.54) is 19.3 Å². The summed E-state index contributed by atoms with van der Waals surface area (Å²) in [5.41, 5.74) is 1.43. The number of thioether (sulfide) groups is 1. The number of hydrogen-bond acceptors (Lipinski definition) is 8. The van der Waals surface area contributed by atoms with Gasteiger partial charge in [0.05, 0.1) is 5.69 Å². The smallest absolute Gasteiger partial charge is 0.413 e. The first-order valence-electron chi connectivity index (χ1n) is 10.5. The maximum atomic E-state index is 12.3. The Morgan fingerprint density at radius 2 is 2.13 bits per heavy atom. The zero-order valence-corrected chi connectivity index (χ0v) is 20.0. The summed E-state index contributed by atoms with van der Waals surface area (Å²) in [6.07, 6.45) is 4.00. The summed E-state index contributed by atoms with van der Waals surface area (Å²) >= 11 is 3.24. The minimum atomic E-state index is -0.559. The van der Waals surface area contributed by atoms with Gasteiger partial charge in [0, 0.05) is 30.1 Å². The van der Waals surface area contributed by atoms with Crippen molar-refractivity contribution in [3.8, 4) is 0 Å². The van der Waals surface area contributed by atoms with E-state index in [0.717, 1.165) is 33.7 Å². The van der Waals surface area contributed by atoms with Crippen LogP contribution in [0.2, 0.25) is 0 Å². The normalized spacial score (nSPS) is 17.1. The fourth-order valence-corrected chi connectivity index (χ4v) is 5.07. The molecule has 1 aliphatic rings. The van der Waals surface area contributed by atoms with Crippen LogP contribution in [0.4, 0.5) is 16.3 Å². The van der Waals surface area contributed by atoms with Crippen LogP contribution >= 0.6 is 23.1 Å². The zero-order chi connectivity index (χ0) is 21.7. The van der Waals surface area contributed by atoms with Crippen molar-refractivity contribution in [2.75, 3.05) is 16.8 Å². The van der Waals surface area contributed by atoms with Crippen LogP contribution in [0.1, 0.15) is 64.6 Å². The van der Waals surface area contributed by atoms with Crippen molar-refractivity contribution in [1.82, 2.24) is 15.2 Å². The summed E-state index contributed by atoms with van der Waals surface area (Å²) in [5, 5.41) is 12.3. The van der Waals surface area contributed by atoms with Gasteiger partial charge in [0.2, 0.25) is 0 Å². The molecule has 9 heteroatoms. The maximum absolute atomic E-state index is 12.3. The maximum Gasteiger partial charge on any atom is 0.413 e. The van der Waals surface area contributed by atoms with Gasteiger partial charge >= 0.3 is 6.09 Å². The van der Waals surface area contributed by atoms with E-state index in [2.05, 4.69) is 45.3 Å². The minimum absolute atomic E-state index is 0.464. The first-order chi connectivity index (χ1) is 14.2. The highest BCUT2D eigenvalue weighted by molar-refractivity contribution is 8.00. The number of nitrogens with zero attached hydrogens (tertiary/aromatic N) is 4. The molecule has 0 saturated carbocycles. The summed E-state index contributed by atoms with van der Waals surface area (Å²) in [6, 6.07) is 4.53. The molecule has 164 valence electrons. The van der Waals surface area contributed by atoms with E-state index in [-0.39, 0.29) is 0 Å². The van der Waals surface area contributed by atoms with E-state index in [1.807, 2.05) is 26.8 Å². The molecule has 30 heavy (non-hydrogen) atoms. The molecule has 1 amide bonds. The second kappa shape index (κ2) is 9.96. The van der Waals surface area contributed by atoms with E-state index in [0.29, 0.717) is 17.6 Å². The lowest BCUT2D eigenvalue weighted by molar-refractivity contribution is 0.0635. The van der Waals surface area contributed by atoms with E-state index in [4.69, 9.17) is 4.74 Å². The Hall–Kier alpha value is -1.87. The monoisotopic (exact) mass is 449 g/mol. The summed E-state index contributed by atoms with van der Waals surface area (Å²) in [4.78, 5) is 19.4. The van der Waals surface area contributed by atoms with E-state index >= 15 is 0 Å². The fourth-order valence-electron chi connectivity index (χ4n) is 3.34. The molecule has 7 nitrogen and oxygen atoms in total. The molecule has 1 unspecified atom stereocenters. The highest BCUT2D eigenvalue weighted by Gasteiger charge is 2.21. The standard InChI is InChI=1S/C21H31N5O2S2/c1-6-18-24-25-20(30-18)29-13-15-11-16(26-10-8-7-9-14(26)2)12-17(22-15)23-19(27)28-21(3,4)5/h11-12,14H,6-10,13H2,1-5H3,(H,22,23,27). The molecule has 1 fully saturated rings. The number of rotatable bonds is 6. The van der Waals surface area contributed by atoms with Crippen molar-refractivity contribution in [3.05, 3.63) is 22.8 Å². The quantitative estimate of drug-likeness (QED) is 0.582. The third-order valence-corrected chi connectivity index (χ3v) is 6.96. The minimum Gasteiger partial charge on any atom is -0.444 e. The molecule has 2 aromatic rings. The van der Waals surface area contributed by atoms with Gasteiger partial charge in [0.15, 0.2) is 4.34 Å². The van der Waals surface area contributed by atoms with Crippen molar-refractivity contribution in [2.24, 2.45) is 0 Å². The van der Waals surface area contributed by atoms with E-state index < -0.39 is 11.7 Å². The first-order valence-corrected chi connectivity index (χ1v) is 12.3. The average Bonchev–Trinajstić information content (AvgIpc) is 3.13. The van der Waals surface area contributed by atoms with Gasteiger partial charge in [0.25, 0.3) is 0 Å². The Morgan fingerprint density at radius 1 is 1.33 bits per heavy atom. The van der Waals surface area contributed by atoms with Crippen LogP contribution in [0, 0.1) is 0 Å². The molecule has 0 aliphatic carbocycles. The molecule has 1 atom stereocenters. The largest absolute Gasteiger partial charge is 0.444 e. The van der Waals surface area contributed by atoms with Crippen molar-refractivity contribution in [1.29, 1.82) is 0 Å². The van der Waals surface area contributed by atoms with E-state index in [9.17, 15) is 4.79 Å². The van der Waals surface area contributed by atoms with Crippen LogP contribution in [0.3, 0.4) is 0 Å². The number of amides is 1. The molecular weight excluding hydrogens is 418 g/mol. The number of hydrogen-bond donors (Lipinski definition) is 1. The highest BCUT2D eigenvalue weighted by atomic mass is 32.2. The molecule has 0 aromatic carbocycles. The first kappa shape index (κ1) is 22.8. The van der Waals surface area contributed by atoms with Crippen molar-refractivity contribution < 1.29 is 9.53 Å². The number of aryl methyl sites for hydroxylation is 1. The SMILES string of the molecule is CCc1nnc(SCc2cc(N3CCCCC3C)cc(NC(=O)OC(C)(C)C)n2)s1. The van der Waals surface area contributed by atoms with E-state index in [1.54, 1.807) is 23.1 Å². The number of carbonyl (C=O) groups excluding carboxylic acids is 1. The highest BCUT2D eigenvalue weighted by Crippen LogP contribution is 2.31. The lowest BCUT2D eigenvalue weighted by atomic mass is 10.0. The topological polar surface area (TPSA) is 80.2 Å². The molecule has 1 aliphatic heterocycles. The number of aromatic nitrogens is 3.